The molecule has 3 amide bonds. The predicted octanol–water partition coefficient (Wildman–Crippen LogP) is -0.455. The summed E-state index contributed by atoms with van der Waals surface area (Å²) in [5.74, 6) is -3.13. The Labute approximate surface area is 421 Å². The SMILES string of the molecule is CCCCOCCC(=O)NCCCCCCCC(=O)NCCOCCOCCOCCC(=O)NCCCCCCOC1OC(C(=O)O)C(OC2OC(COS(=O)(=O)O)C(O)C(O)C2C)C(O)C1OS(=O)(=O)O. The second-order valence-corrected chi connectivity index (χ2v) is 19.2. The molecule has 0 aromatic heterocycles. The summed E-state index contributed by atoms with van der Waals surface area (Å²) in [6.07, 6.45) is -7.39. The van der Waals surface area contributed by atoms with E-state index in [1.807, 2.05) is 0 Å². The summed E-state index contributed by atoms with van der Waals surface area (Å²) >= 11 is 0. The van der Waals surface area contributed by atoms with Gasteiger partial charge in [0.15, 0.2) is 24.8 Å². The molecule has 0 saturated carbocycles. The van der Waals surface area contributed by atoms with Gasteiger partial charge in [0, 0.05) is 58.0 Å². The average molecular weight is 1090 g/mol. The number of carboxylic acid groups (broad SMARTS) is 1. The standard InChI is InChI=1S/C43H79N3O24S2/c1-3-4-20-61-22-15-33(48)44-17-11-7-5-6-10-14-32(47)46-19-24-63-26-28-64-27-25-62-23-16-34(49)45-18-12-8-9-13-21-65-43-39(70-72(58,59)60)37(52)38(40(69-43)41(53)54)68-42-30(2)35(50)36(51)31(67-42)29-66-71(55,56)57/h30-31,35-40,42-43,50-52H,3-29H2,1-2H3,(H,44,48)(H,45,49)(H,46,47)(H,53,54)(H,55,56,57)(H,58,59,60). The maximum absolute atomic E-state index is 12.2. The van der Waals surface area contributed by atoms with E-state index in [2.05, 4.69) is 31.2 Å². The van der Waals surface area contributed by atoms with E-state index in [0.29, 0.717) is 97.8 Å². The third kappa shape index (κ3) is 29.3. The van der Waals surface area contributed by atoms with Crippen LogP contribution < -0.4 is 16.0 Å². The smallest absolute Gasteiger partial charge is 0.397 e. The summed E-state index contributed by atoms with van der Waals surface area (Å²) in [4.78, 5) is 48.3. The molecule has 0 aromatic rings. The fourth-order valence-electron chi connectivity index (χ4n) is 7.15. The third-order valence-corrected chi connectivity index (χ3v) is 12.1. The maximum atomic E-state index is 12.2. The lowest BCUT2D eigenvalue weighted by Crippen LogP contribution is -2.64. The van der Waals surface area contributed by atoms with E-state index in [9.17, 15) is 61.0 Å². The minimum absolute atomic E-state index is 0.0116. The minimum atomic E-state index is -5.31. The zero-order chi connectivity index (χ0) is 53.4. The third-order valence-electron chi connectivity index (χ3n) is 11.2. The van der Waals surface area contributed by atoms with E-state index >= 15 is 0 Å². The van der Waals surface area contributed by atoms with Gasteiger partial charge in [-0.2, -0.15) is 16.8 Å². The molecule has 2 rings (SSSR count). The quantitative estimate of drug-likeness (QED) is 0.0276. The topological polar surface area (TPSA) is 386 Å². The molecule has 0 radical (unpaired) electrons. The summed E-state index contributed by atoms with van der Waals surface area (Å²) in [5.41, 5.74) is 0. The van der Waals surface area contributed by atoms with E-state index in [1.165, 1.54) is 6.92 Å². The van der Waals surface area contributed by atoms with Gasteiger partial charge in [0.25, 0.3) is 0 Å². The summed E-state index contributed by atoms with van der Waals surface area (Å²) in [6, 6.07) is 0. The molecule has 29 heteroatoms. The number of hydrogen-bond donors (Lipinski definition) is 9. The molecule has 0 aliphatic carbocycles. The van der Waals surface area contributed by atoms with Gasteiger partial charge in [-0.25, -0.2) is 13.2 Å². The first-order chi connectivity index (χ1) is 34.2. The minimum Gasteiger partial charge on any atom is -0.479 e. The lowest BCUT2D eigenvalue weighted by molar-refractivity contribution is -0.343. The van der Waals surface area contributed by atoms with Crippen molar-refractivity contribution in [1.82, 2.24) is 16.0 Å². The molecule has 2 aliphatic rings. The first-order valence-electron chi connectivity index (χ1n) is 24.5. The summed E-state index contributed by atoms with van der Waals surface area (Å²) in [5, 5.41) is 50.4. The molecule has 2 saturated heterocycles. The van der Waals surface area contributed by atoms with Crippen LogP contribution in [0.15, 0.2) is 0 Å². The van der Waals surface area contributed by atoms with Crippen LogP contribution in [0.1, 0.15) is 104 Å². The molecule has 422 valence electrons. The van der Waals surface area contributed by atoms with Gasteiger partial charge in [-0.3, -0.25) is 23.5 Å². The van der Waals surface area contributed by atoms with Crippen LogP contribution in [0, 0.1) is 5.92 Å². The number of rotatable bonds is 42. The number of ether oxygens (including phenoxy) is 8. The zero-order valence-electron chi connectivity index (χ0n) is 41.2. The first-order valence-corrected chi connectivity index (χ1v) is 27.2. The fourth-order valence-corrected chi connectivity index (χ4v) is 7.94. The van der Waals surface area contributed by atoms with E-state index in [-0.39, 0.29) is 44.0 Å². The molecule has 10 unspecified atom stereocenters. The summed E-state index contributed by atoms with van der Waals surface area (Å²) in [6.45, 7) is 6.58. The van der Waals surface area contributed by atoms with Gasteiger partial charge >= 0.3 is 26.8 Å². The molecule has 0 bridgehead atoms. The van der Waals surface area contributed by atoms with Gasteiger partial charge in [-0.05, 0) is 32.1 Å². The Morgan fingerprint density at radius 1 is 0.542 bits per heavy atom. The van der Waals surface area contributed by atoms with Crippen LogP contribution in [0.25, 0.3) is 0 Å². The van der Waals surface area contributed by atoms with E-state index in [4.69, 9.17) is 42.4 Å². The lowest BCUT2D eigenvalue weighted by Gasteiger charge is -2.46. The maximum Gasteiger partial charge on any atom is 0.397 e. The highest BCUT2D eigenvalue weighted by Crippen LogP contribution is 2.34. The van der Waals surface area contributed by atoms with Crippen LogP contribution in [0.3, 0.4) is 0 Å². The molecule has 0 spiro atoms. The van der Waals surface area contributed by atoms with Gasteiger partial charge < -0.3 is 74.3 Å². The number of carboxylic acids is 1. The van der Waals surface area contributed by atoms with Crippen molar-refractivity contribution in [3.05, 3.63) is 0 Å². The molecule has 2 fully saturated rings. The summed E-state index contributed by atoms with van der Waals surface area (Å²) in [7, 11) is -10.3. The van der Waals surface area contributed by atoms with Crippen LogP contribution in [-0.2, 0) is 86.2 Å². The Bertz CT molecular complexity index is 1750. The van der Waals surface area contributed by atoms with Crippen LogP contribution in [0.5, 0.6) is 0 Å². The number of unbranched alkanes of at least 4 members (excludes halogenated alkanes) is 8. The Hall–Kier alpha value is -2.82. The molecule has 9 N–H and O–H groups in total. The van der Waals surface area contributed by atoms with E-state index < -0.39 is 94.6 Å². The van der Waals surface area contributed by atoms with Gasteiger partial charge in [0.2, 0.25) is 17.7 Å². The summed E-state index contributed by atoms with van der Waals surface area (Å²) < 4.78 is 116. The van der Waals surface area contributed by atoms with Crippen molar-refractivity contribution >= 4 is 44.5 Å². The number of amides is 3. The highest BCUT2D eigenvalue weighted by atomic mass is 32.3. The van der Waals surface area contributed by atoms with Gasteiger partial charge in [-0.1, -0.05) is 52.4 Å². The van der Waals surface area contributed by atoms with Crippen molar-refractivity contribution in [3.8, 4) is 0 Å². The van der Waals surface area contributed by atoms with Crippen molar-refractivity contribution in [2.45, 2.75) is 159 Å². The zero-order valence-corrected chi connectivity index (χ0v) is 42.8. The van der Waals surface area contributed by atoms with E-state index in [1.54, 1.807) is 0 Å². The van der Waals surface area contributed by atoms with Crippen molar-refractivity contribution in [3.63, 3.8) is 0 Å². The molecule has 72 heavy (non-hydrogen) atoms. The largest absolute Gasteiger partial charge is 0.479 e. The molecular formula is C43H79N3O24S2. The number of carbonyl (C=O) groups excluding carboxylic acids is 3. The molecule has 2 heterocycles. The van der Waals surface area contributed by atoms with Crippen molar-refractivity contribution in [1.29, 1.82) is 0 Å². The average Bonchev–Trinajstić information content (AvgIpc) is 3.31. The van der Waals surface area contributed by atoms with Crippen LogP contribution in [0.4, 0.5) is 0 Å². The second kappa shape index (κ2) is 37.0. The Balaban J connectivity index is 1.51. The fraction of sp³-hybridized carbons (Fsp3) is 0.907. The second-order valence-electron chi connectivity index (χ2n) is 17.1. The number of carbonyl (C=O) groups is 4. The van der Waals surface area contributed by atoms with E-state index in [0.717, 1.165) is 44.9 Å². The van der Waals surface area contributed by atoms with Crippen molar-refractivity contribution < 1.29 is 112 Å². The molecule has 0 aromatic carbocycles. The Morgan fingerprint density at radius 3 is 1.65 bits per heavy atom. The normalized spacial score (nSPS) is 24.7. The number of hydrogen-bond acceptors (Lipinski definition) is 21. The molecule has 27 nitrogen and oxygen atoms in total. The van der Waals surface area contributed by atoms with Crippen LogP contribution in [-0.4, -0.2) is 211 Å². The number of nitrogens with one attached hydrogen (secondary N) is 3. The van der Waals surface area contributed by atoms with Gasteiger partial charge in [-0.15, -0.1) is 0 Å². The number of aliphatic hydroxyl groups is 3. The van der Waals surface area contributed by atoms with Gasteiger partial charge in [0.05, 0.1) is 59.0 Å². The highest BCUT2D eigenvalue weighted by Gasteiger charge is 2.54. The predicted molar refractivity (Wildman–Crippen MR) is 250 cm³/mol. The van der Waals surface area contributed by atoms with Crippen LogP contribution in [0.2, 0.25) is 0 Å². The molecule has 10 atom stereocenters. The monoisotopic (exact) mass is 1090 g/mol. The lowest BCUT2D eigenvalue weighted by atomic mass is 9.92. The van der Waals surface area contributed by atoms with Crippen molar-refractivity contribution in [2.24, 2.45) is 5.92 Å². The van der Waals surface area contributed by atoms with Gasteiger partial charge in [0.1, 0.15) is 24.4 Å². The Kier molecular flexibility index (Phi) is 33.6. The highest BCUT2D eigenvalue weighted by molar-refractivity contribution is 7.81. The Morgan fingerprint density at radius 2 is 1.07 bits per heavy atom. The van der Waals surface area contributed by atoms with Crippen molar-refractivity contribution in [2.75, 3.05) is 85.7 Å². The molecular weight excluding hydrogens is 1010 g/mol. The van der Waals surface area contributed by atoms with Crippen LogP contribution >= 0.6 is 0 Å². The first kappa shape index (κ1) is 65.3. The molecule has 2 aliphatic heterocycles. The number of aliphatic hydroxyl groups excluding tert-OH is 3. The number of aliphatic carboxylic acids is 1.